The quantitative estimate of drug-likeness (QED) is 0.764. The molecule has 0 spiro atoms. The van der Waals surface area contributed by atoms with E-state index in [4.69, 9.17) is 4.42 Å². The van der Waals surface area contributed by atoms with Gasteiger partial charge in [-0.2, -0.15) is 0 Å². The normalized spacial score (nSPS) is 14.7. The SMILES string of the molecule is CCn1ccc(CNc2ccc3oc(C4CC4)nc3c2)c1. The van der Waals surface area contributed by atoms with Crippen LogP contribution in [0.25, 0.3) is 11.1 Å². The lowest BCUT2D eigenvalue weighted by Gasteiger charge is -2.04. The van der Waals surface area contributed by atoms with E-state index in [0.29, 0.717) is 5.92 Å². The summed E-state index contributed by atoms with van der Waals surface area (Å²) < 4.78 is 7.97. The van der Waals surface area contributed by atoms with Gasteiger partial charge >= 0.3 is 0 Å². The van der Waals surface area contributed by atoms with Crippen LogP contribution in [0.15, 0.2) is 41.1 Å². The Labute approximate surface area is 123 Å². The second-order valence-corrected chi connectivity index (χ2v) is 5.71. The van der Waals surface area contributed by atoms with Gasteiger partial charge in [-0.3, -0.25) is 0 Å². The Morgan fingerprint density at radius 1 is 1.33 bits per heavy atom. The maximum Gasteiger partial charge on any atom is 0.198 e. The molecule has 21 heavy (non-hydrogen) atoms. The monoisotopic (exact) mass is 281 g/mol. The average Bonchev–Trinajstić information content (AvgIpc) is 3.11. The molecular weight excluding hydrogens is 262 g/mol. The summed E-state index contributed by atoms with van der Waals surface area (Å²) in [7, 11) is 0. The van der Waals surface area contributed by atoms with Crippen molar-refractivity contribution >= 4 is 16.8 Å². The Balaban J connectivity index is 1.50. The smallest absolute Gasteiger partial charge is 0.198 e. The number of hydrogen-bond donors (Lipinski definition) is 1. The highest BCUT2D eigenvalue weighted by molar-refractivity contribution is 5.77. The zero-order valence-corrected chi connectivity index (χ0v) is 12.2. The summed E-state index contributed by atoms with van der Waals surface area (Å²) in [6.07, 6.45) is 6.71. The number of aryl methyl sites for hydroxylation is 1. The van der Waals surface area contributed by atoms with E-state index in [9.17, 15) is 0 Å². The fourth-order valence-corrected chi connectivity index (χ4v) is 2.56. The number of fused-ring (bicyclic) bond motifs is 1. The molecule has 4 rings (SSSR count). The summed E-state index contributed by atoms with van der Waals surface area (Å²) in [6.45, 7) is 3.98. The lowest BCUT2D eigenvalue weighted by Crippen LogP contribution is -1.98. The highest BCUT2D eigenvalue weighted by Crippen LogP contribution is 2.40. The molecule has 0 unspecified atom stereocenters. The maximum absolute atomic E-state index is 5.79. The van der Waals surface area contributed by atoms with Crippen LogP contribution >= 0.6 is 0 Å². The van der Waals surface area contributed by atoms with Crippen molar-refractivity contribution < 1.29 is 4.42 Å². The number of nitrogens with one attached hydrogen (secondary N) is 1. The molecule has 1 aromatic carbocycles. The minimum absolute atomic E-state index is 0.558. The summed E-state index contributed by atoms with van der Waals surface area (Å²) in [6, 6.07) is 8.28. The van der Waals surface area contributed by atoms with Crippen LogP contribution in [-0.4, -0.2) is 9.55 Å². The lowest BCUT2D eigenvalue weighted by molar-refractivity contribution is 0.533. The number of nitrogens with zero attached hydrogens (tertiary/aromatic N) is 2. The van der Waals surface area contributed by atoms with Gasteiger partial charge in [0.1, 0.15) is 5.52 Å². The first-order chi connectivity index (χ1) is 10.3. The maximum atomic E-state index is 5.79. The van der Waals surface area contributed by atoms with Gasteiger partial charge < -0.3 is 14.3 Å². The molecule has 0 amide bonds. The third-order valence-corrected chi connectivity index (χ3v) is 4.00. The Morgan fingerprint density at radius 3 is 3.00 bits per heavy atom. The molecule has 4 nitrogen and oxygen atoms in total. The standard InChI is InChI=1S/C17H19N3O/c1-2-20-8-7-12(11-20)10-18-14-5-6-16-15(9-14)19-17(21-16)13-3-4-13/h5-9,11,13,18H,2-4,10H2,1H3. The molecule has 0 bridgehead atoms. The predicted octanol–water partition coefficient (Wildman–Crippen LogP) is 4.14. The summed E-state index contributed by atoms with van der Waals surface area (Å²) >= 11 is 0. The second-order valence-electron chi connectivity index (χ2n) is 5.71. The van der Waals surface area contributed by atoms with Gasteiger partial charge in [0, 0.05) is 37.1 Å². The minimum atomic E-state index is 0.558. The zero-order valence-electron chi connectivity index (χ0n) is 12.2. The van der Waals surface area contributed by atoms with Crippen LogP contribution < -0.4 is 5.32 Å². The number of anilines is 1. The molecule has 1 saturated carbocycles. The third-order valence-electron chi connectivity index (χ3n) is 4.00. The first kappa shape index (κ1) is 12.5. The molecule has 1 aliphatic carbocycles. The van der Waals surface area contributed by atoms with Crippen LogP contribution in [0.5, 0.6) is 0 Å². The van der Waals surface area contributed by atoms with Crippen molar-refractivity contribution in [1.82, 2.24) is 9.55 Å². The number of benzene rings is 1. The van der Waals surface area contributed by atoms with E-state index >= 15 is 0 Å². The van der Waals surface area contributed by atoms with E-state index in [0.717, 1.165) is 35.8 Å². The molecule has 1 fully saturated rings. The van der Waals surface area contributed by atoms with E-state index in [-0.39, 0.29) is 0 Å². The minimum Gasteiger partial charge on any atom is -0.440 e. The molecule has 0 radical (unpaired) electrons. The van der Waals surface area contributed by atoms with Crippen LogP contribution in [0.1, 0.15) is 37.1 Å². The molecule has 1 N–H and O–H groups in total. The molecular formula is C17H19N3O. The molecule has 3 aromatic rings. The Kier molecular flexibility index (Phi) is 2.95. The number of hydrogen-bond acceptors (Lipinski definition) is 3. The van der Waals surface area contributed by atoms with E-state index < -0.39 is 0 Å². The summed E-state index contributed by atoms with van der Waals surface area (Å²) in [5.74, 6) is 1.46. The third kappa shape index (κ3) is 2.53. The molecule has 0 aliphatic heterocycles. The van der Waals surface area contributed by atoms with Crippen molar-refractivity contribution in [2.45, 2.75) is 38.8 Å². The molecule has 4 heteroatoms. The number of aromatic nitrogens is 2. The first-order valence-electron chi connectivity index (χ1n) is 7.61. The van der Waals surface area contributed by atoms with Gasteiger partial charge in [-0.1, -0.05) is 0 Å². The van der Waals surface area contributed by atoms with Crippen LogP contribution in [0, 0.1) is 0 Å². The summed E-state index contributed by atoms with van der Waals surface area (Å²) in [4.78, 5) is 4.60. The van der Waals surface area contributed by atoms with Gasteiger partial charge in [0.05, 0.1) is 0 Å². The highest BCUT2D eigenvalue weighted by Gasteiger charge is 2.28. The van der Waals surface area contributed by atoms with Gasteiger partial charge in [0.2, 0.25) is 0 Å². The Hall–Kier alpha value is -2.23. The molecule has 1 aliphatic rings. The predicted molar refractivity (Wildman–Crippen MR) is 83.4 cm³/mol. The molecule has 2 aromatic heterocycles. The molecule has 108 valence electrons. The lowest BCUT2D eigenvalue weighted by atomic mass is 10.2. The van der Waals surface area contributed by atoms with Crippen molar-refractivity contribution in [3.63, 3.8) is 0 Å². The molecule has 2 heterocycles. The summed E-state index contributed by atoms with van der Waals surface area (Å²) in [5.41, 5.74) is 4.21. The van der Waals surface area contributed by atoms with Gasteiger partial charge in [-0.05, 0) is 49.6 Å². The van der Waals surface area contributed by atoms with Crippen molar-refractivity contribution in [3.05, 3.63) is 48.1 Å². The average molecular weight is 281 g/mol. The van der Waals surface area contributed by atoms with Gasteiger partial charge in [0.15, 0.2) is 11.5 Å². The van der Waals surface area contributed by atoms with Crippen molar-refractivity contribution in [2.75, 3.05) is 5.32 Å². The fourth-order valence-electron chi connectivity index (χ4n) is 2.56. The van der Waals surface area contributed by atoms with E-state index in [2.05, 4.69) is 52.4 Å². The van der Waals surface area contributed by atoms with Crippen molar-refractivity contribution in [2.24, 2.45) is 0 Å². The summed E-state index contributed by atoms with van der Waals surface area (Å²) in [5, 5.41) is 3.45. The van der Waals surface area contributed by atoms with Crippen LogP contribution in [0.2, 0.25) is 0 Å². The Bertz CT molecular complexity index is 767. The first-order valence-corrected chi connectivity index (χ1v) is 7.61. The van der Waals surface area contributed by atoms with Crippen molar-refractivity contribution in [3.8, 4) is 0 Å². The van der Waals surface area contributed by atoms with Crippen LogP contribution in [0.3, 0.4) is 0 Å². The fraction of sp³-hybridized carbons (Fsp3) is 0.353. The molecule has 0 saturated heterocycles. The van der Waals surface area contributed by atoms with Gasteiger partial charge in [0.25, 0.3) is 0 Å². The van der Waals surface area contributed by atoms with Gasteiger partial charge in [-0.15, -0.1) is 0 Å². The van der Waals surface area contributed by atoms with E-state index in [1.54, 1.807) is 0 Å². The number of rotatable bonds is 5. The topological polar surface area (TPSA) is 43.0 Å². The largest absolute Gasteiger partial charge is 0.440 e. The van der Waals surface area contributed by atoms with Crippen LogP contribution in [-0.2, 0) is 13.1 Å². The van der Waals surface area contributed by atoms with Crippen molar-refractivity contribution in [1.29, 1.82) is 0 Å². The Morgan fingerprint density at radius 2 is 2.24 bits per heavy atom. The zero-order chi connectivity index (χ0) is 14.2. The second kappa shape index (κ2) is 4.95. The molecule has 0 atom stereocenters. The van der Waals surface area contributed by atoms with E-state index in [1.165, 1.54) is 18.4 Å². The van der Waals surface area contributed by atoms with E-state index in [1.807, 2.05) is 6.07 Å². The van der Waals surface area contributed by atoms with Gasteiger partial charge in [-0.25, -0.2) is 4.98 Å². The van der Waals surface area contributed by atoms with Crippen LogP contribution in [0.4, 0.5) is 5.69 Å². The number of oxazole rings is 1. The highest BCUT2D eigenvalue weighted by atomic mass is 16.3.